The first-order chi connectivity index (χ1) is 17.3. The zero-order chi connectivity index (χ0) is 25.3. The van der Waals surface area contributed by atoms with Gasteiger partial charge in [0.2, 0.25) is 5.95 Å². The Morgan fingerprint density at radius 1 is 1.00 bits per heavy atom. The summed E-state index contributed by atoms with van der Waals surface area (Å²) in [5, 5.41) is 1.31. The van der Waals surface area contributed by atoms with E-state index >= 15 is 0 Å². The molecule has 0 saturated carbocycles. The molecule has 0 fully saturated rings. The number of ether oxygens (including phenoxy) is 1. The number of furan rings is 1. The molecule has 5 rings (SSSR count). The summed E-state index contributed by atoms with van der Waals surface area (Å²) in [5.74, 6) is -1.60. The predicted octanol–water partition coefficient (Wildman–Crippen LogP) is 6.38. The van der Waals surface area contributed by atoms with Gasteiger partial charge in [0.05, 0.1) is 35.0 Å². The smallest absolute Gasteiger partial charge is 0.266 e. The molecule has 0 aliphatic carbocycles. The molecule has 1 aromatic carbocycles. The third-order valence-electron chi connectivity index (χ3n) is 4.89. The molecule has 8 nitrogen and oxygen atoms in total. The zero-order valence-electron chi connectivity index (χ0n) is 17.9. The highest BCUT2D eigenvalue weighted by Gasteiger charge is 2.24. The molecule has 0 radical (unpaired) electrons. The molecule has 1 N–H and O–H groups in total. The number of pyridine rings is 2. The van der Waals surface area contributed by atoms with Gasteiger partial charge < -0.3 is 9.15 Å². The van der Waals surface area contributed by atoms with Crippen molar-refractivity contribution in [1.82, 2.24) is 15.0 Å². The molecule has 5 aromatic rings. The van der Waals surface area contributed by atoms with Gasteiger partial charge >= 0.3 is 0 Å². The van der Waals surface area contributed by atoms with Crippen LogP contribution in [0, 0.1) is 11.8 Å². The Bertz CT molecular complexity index is 1630. The van der Waals surface area contributed by atoms with Crippen molar-refractivity contribution in [2.24, 2.45) is 0 Å². The van der Waals surface area contributed by atoms with Crippen LogP contribution in [0.3, 0.4) is 0 Å². The maximum absolute atomic E-state index is 14.9. The number of thiazole rings is 1. The number of benzene rings is 1. The molecule has 0 spiro atoms. The lowest BCUT2D eigenvalue weighted by Gasteiger charge is -2.14. The van der Waals surface area contributed by atoms with Gasteiger partial charge in [0, 0.05) is 34.3 Å². The number of hydrogen-bond acceptors (Lipinski definition) is 8. The van der Waals surface area contributed by atoms with Crippen molar-refractivity contribution in [3.05, 3.63) is 89.0 Å². The summed E-state index contributed by atoms with van der Waals surface area (Å²) in [6.07, 6.45) is 5.64. The molecule has 36 heavy (non-hydrogen) atoms. The van der Waals surface area contributed by atoms with Gasteiger partial charge in [-0.25, -0.2) is 22.8 Å². The van der Waals surface area contributed by atoms with Crippen LogP contribution < -0.4 is 9.46 Å². The average molecular weight is 547 g/mol. The first kappa shape index (κ1) is 23.9. The van der Waals surface area contributed by atoms with Gasteiger partial charge in [0.25, 0.3) is 10.0 Å². The molecule has 0 aliphatic heterocycles. The number of nitrogens with one attached hydrogen (secondary N) is 1. The lowest BCUT2D eigenvalue weighted by atomic mass is 10.1. The van der Waals surface area contributed by atoms with Crippen LogP contribution in [0.2, 0.25) is 5.02 Å². The van der Waals surface area contributed by atoms with E-state index in [4.69, 9.17) is 20.8 Å². The van der Waals surface area contributed by atoms with E-state index in [2.05, 4.69) is 19.7 Å². The van der Waals surface area contributed by atoms with Gasteiger partial charge in [0.1, 0.15) is 16.5 Å². The Hall–Kier alpha value is -3.87. The van der Waals surface area contributed by atoms with E-state index in [1.807, 2.05) is 0 Å². The Morgan fingerprint density at radius 2 is 1.86 bits per heavy atom. The van der Waals surface area contributed by atoms with Crippen LogP contribution in [-0.2, 0) is 10.0 Å². The molecule has 0 amide bonds. The monoisotopic (exact) mass is 546 g/mol. The number of aromatic nitrogens is 3. The van der Waals surface area contributed by atoms with Crippen LogP contribution in [-0.4, -0.2) is 23.4 Å². The fourth-order valence-corrected chi connectivity index (χ4v) is 5.13. The standard InChI is InChI=1S/C23H13ClF2N4O4S2/c24-16-6-21(36(31,32)30-23-11-35-12-29-23)17(25)7-19(16)34-20-9-27-18(13-1-2-22(26)28-8-13)5-15(20)14-3-4-33-10-14/h1-12,30H. The Morgan fingerprint density at radius 3 is 2.56 bits per heavy atom. The summed E-state index contributed by atoms with van der Waals surface area (Å²) < 4.78 is 66.6. The van der Waals surface area contributed by atoms with Crippen molar-refractivity contribution in [2.75, 3.05) is 4.72 Å². The van der Waals surface area contributed by atoms with E-state index in [-0.39, 0.29) is 22.3 Å². The Labute approximate surface area is 212 Å². The molecule has 0 unspecified atom stereocenters. The maximum Gasteiger partial charge on any atom is 0.266 e. The largest absolute Gasteiger partial charge is 0.472 e. The number of rotatable bonds is 7. The minimum absolute atomic E-state index is 0.0584. The van der Waals surface area contributed by atoms with Gasteiger partial charge in [-0.05, 0) is 30.3 Å². The van der Waals surface area contributed by atoms with Crippen LogP contribution in [0.1, 0.15) is 0 Å². The molecule has 182 valence electrons. The van der Waals surface area contributed by atoms with E-state index in [0.29, 0.717) is 22.4 Å². The molecule has 13 heteroatoms. The number of hydrogen-bond donors (Lipinski definition) is 1. The highest BCUT2D eigenvalue weighted by Crippen LogP contribution is 2.39. The number of nitrogens with zero attached hydrogens (tertiary/aromatic N) is 3. The first-order valence-corrected chi connectivity index (χ1v) is 12.8. The maximum atomic E-state index is 14.9. The SMILES string of the molecule is O=S(=O)(Nc1cscn1)c1cc(Cl)c(Oc2cnc(-c3ccc(F)nc3)cc2-c2ccoc2)cc1F. The van der Waals surface area contributed by atoms with Gasteiger partial charge in [0.15, 0.2) is 11.6 Å². The molecule has 4 heterocycles. The van der Waals surface area contributed by atoms with E-state index in [9.17, 15) is 17.2 Å². The second kappa shape index (κ2) is 9.64. The third kappa shape index (κ3) is 4.91. The van der Waals surface area contributed by atoms with E-state index < -0.39 is 26.7 Å². The summed E-state index contributed by atoms with van der Waals surface area (Å²) in [5.41, 5.74) is 3.59. The fraction of sp³-hybridized carbons (Fsp3) is 0. The lowest BCUT2D eigenvalue weighted by Crippen LogP contribution is -2.15. The minimum Gasteiger partial charge on any atom is -0.472 e. The van der Waals surface area contributed by atoms with Crippen LogP contribution in [0.25, 0.3) is 22.4 Å². The zero-order valence-corrected chi connectivity index (χ0v) is 20.2. The van der Waals surface area contributed by atoms with Crippen molar-refractivity contribution in [2.45, 2.75) is 4.90 Å². The average Bonchev–Trinajstić information content (AvgIpc) is 3.56. The fourth-order valence-electron chi connectivity index (χ4n) is 3.22. The summed E-state index contributed by atoms with van der Waals surface area (Å²) in [6.45, 7) is 0. The van der Waals surface area contributed by atoms with Crippen LogP contribution in [0.4, 0.5) is 14.6 Å². The summed E-state index contributed by atoms with van der Waals surface area (Å²) >= 11 is 7.45. The number of halogens is 3. The Balaban J connectivity index is 1.50. The van der Waals surface area contributed by atoms with Crippen molar-refractivity contribution >= 4 is 38.8 Å². The van der Waals surface area contributed by atoms with Gasteiger partial charge in [-0.2, -0.15) is 4.39 Å². The molecule has 0 aliphatic rings. The first-order valence-electron chi connectivity index (χ1n) is 10.0. The second-order valence-electron chi connectivity index (χ2n) is 7.24. The lowest BCUT2D eigenvalue weighted by molar-refractivity contribution is 0.473. The normalized spacial score (nSPS) is 11.4. The second-order valence-corrected chi connectivity index (χ2v) is 10.0. The molecule has 0 saturated heterocycles. The van der Waals surface area contributed by atoms with Gasteiger partial charge in [-0.3, -0.25) is 9.71 Å². The third-order valence-corrected chi connectivity index (χ3v) is 7.14. The minimum atomic E-state index is -4.29. The quantitative estimate of drug-likeness (QED) is 0.236. The molecule has 0 bridgehead atoms. The number of anilines is 1. The topological polar surface area (TPSA) is 107 Å². The Kier molecular flexibility index (Phi) is 6.39. The van der Waals surface area contributed by atoms with Crippen LogP contribution >= 0.6 is 22.9 Å². The van der Waals surface area contributed by atoms with E-state index in [1.54, 1.807) is 12.1 Å². The highest BCUT2D eigenvalue weighted by atomic mass is 35.5. The molecular weight excluding hydrogens is 534 g/mol. The molecule has 0 atom stereocenters. The number of sulfonamides is 1. The van der Waals surface area contributed by atoms with Crippen molar-refractivity contribution in [3.8, 4) is 33.9 Å². The highest BCUT2D eigenvalue weighted by molar-refractivity contribution is 7.92. The van der Waals surface area contributed by atoms with Crippen molar-refractivity contribution < 1.29 is 26.4 Å². The summed E-state index contributed by atoms with van der Waals surface area (Å²) in [6, 6.07) is 7.89. The van der Waals surface area contributed by atoms with Gasteiger partial charge in [-0.15, -0.1) is 11.3 Å². The predicted molar refractivity (Wildman–Crippen MR) is 130 cm³/mol. The summed E-state index contributed by atoms with van der Waals surface area (Å²) in [7, 11) is -4.29. The van der Waals surface area contributed by atoms with E-state index in [1.165, 1.54) is 59.3 Å². The molecular formula is C23H13ClF2N4O4S2. The van der Waals surface area contributed by atoms with E-state index in [0.717, 1.165) is 12.1 Å². The molecule has 4 aromatic heterocycles. The summed E-state index contributed by atoms with van der Waals surface area (Å²) in [4.78, 5) is 11.1. The van der Waals surface area contributed by atoms with Crippen LogP contribution in [0.15, 0.2) is 81.5 Å². The van der Waals surface area contributed by atoms with Crippen molar-refractivity contribution in [1.29, 1.82) is 0 Å². The van der Waals surface area contributed by atoms with Gasteiger partial charge in [-0.1, -0.05) is 11.6 Å². The van der Waals surface area contributed by atoms with Crippen molar-refractivity contribution in [3.63, 3.8) is 0 Å². The van der Waals surface area contributed by atoms with Crippen LogP contribution in [0.5, 0.6) is 11.5 Å².